The maximum Gasteiger partial charge on any atom is 0.318 e. The number of ether oxygens (including phenoxy) is 1. The molecule has 0 amide bonds. The predicted molar refractivity (Wildman–Crippen MR) is 140 cm³/mol. The Morgan fingerprint density at radius 2 is 2.08 bits per heavy atom. The summed E-state index contributed by atoms with van der Waals surface area (Å²) in [5, 5.41) is 12.8. The average molecular weight is 487 g/mol. The molecule has 190 valence electrons. The minimum atomic E-state index is 0.170. The van der Waals surface area contributed by atoms with Gasteiger partial charge in [0.2, 0.25) is 0 Å². The van der Waals surface area contributed by atoms with Gasteiger partial charge in [0.25, 0.3) is 0 Å². The van der Waals surface area contributed by atoms with Crippen molar-refractivity contribution in [2.45, 2.75) is 75.3 Å². The summed E-state index contributed by atoms with van der Waals surface area (Å²) >= 11 is 0. The van der Waals surface area contributed by atoms with Crippen LogP contribution in [0.5, 0.6) is 6.01 Å². The van der Waals surface area contributed by atoms with E-state index in [9.17, 15) is 5.26 Å². The van der Waals surface area contributed by atoms with Crippen molar-refractivity contribution in [3.63, 3.8) is 0 Å². The predicted octanol–water partition coefficient (Wildman–Crippen LogP) is 3.40. The first-order valence-corrected chi connectivity index (χ1v) is 13.8. The Morgan fingerprint density at radius 3 is 2.94 bits per heavy atom. The van der Waals surface area contributed by atoms with Gasteiger partial charge < -0.3 is 19.9 Å². The highest BCUT2D eigenvalue weighted by molar-refractivity contribution is 5.54. The van der Waals surface area contributed by atoms with Crippen molar-refractivity contribution in [1.29, 1.82) is 5.26 Å². The minimum Gasteiger partial charge on any atom is -0.462 e. The Labute approximate surface area is 214 Å². The molecule has 1 aromatic carbocycles. The fourth-order valence-corrected chi connectivity index (χ4v) is 7.07. The molecule has 0 bridgehead atoms. The summed E-state index contributed by atoms with van der Waals surface area (Å²) in [5.74, 6) is 1.04. The van der Waals surface area contributed by atoms with Crippen LogP contribution < -0.4 is 15.0 Å². The standard InChI is InChI=1S/C29H38N6O/c1-34-16-5-8-23(34)20-36-28-32-26-18-29(12-4-7-21-6-2-3-9-25(21)29)13-10-24(26)27(33-28)35-17-15-31-22(19-35)11-14-30/h2-3,6,9,22-23,31H,4-5,7-8,10-13,15-20H2,1H3/t22-,23-,29?/m0/s1. The van der Waals surface area contributed by atoms with Gasteiger partial charge in [-0.1, -0.05) is 24.3 Å². The number of nitrogens with zero attached hydrogens (tertiary/aromatic N) is 5. The Kier molecular flexibility index (Phi) is 6.57. The van der Waals surface area contributed by atoms with E-state index in [1.807, 2.05) is 0 Å². The third kappa shape index (κ3) is 4.46. The van der Waals surface area contributed by atoms with Crippen LogP contribution in [0.4, 0.5) is 5.82 Å². The molecular weight excluding hydrogens is 448 g/mol. The fraction of sp³-hybridized carbons (Fsp3) is 0.621. The van der Waals surface area contributed by atoms with Crippen LogP contribution in [0.15, 0.2) is 24.3 Å². The smallest absolute Gasteiger partial charge is 0.318 e. The van der Waals surface area contributed by atoms with Crippen molar-refractivity contribution in [2.75, 3.05) is 44.7 Å². The first kappa shape index (κ1) is 23.7. The summed E-state index contributed by atoms with van der Waals surface area (Å²) in [5.41, 5.74) is 5.69. The molecule has 7 heteroatoms. The zero-order valence-corrected chi connectivity index (χ0v) is 21.5. The average Bonchev–Trinajstić information content (AvgIpc) is 3.32. The molecule has 2 fully saturated rings. The summed E-state index contributed by atoms with van der Waals surface area (Å²) in [6, 6.07) is 12.5. The molecular formula is C29H38N6O. The lowest BCUT2D eigenvalue weighted by Gasteiger charge is -2.43. The van der Waals surface area contributed by atoms with Crippen molar-refractivity contribution in [2.24, 2.45) is 0 Å². The first-order valence-electron chi connectivity index (χ1n) is 13.8. The second kappa shape index (κ2) is 9.99. The molecule has 36 heavy (non-hydrogen) atoms. The molecule has 4 aliphatic rings. The molecule has 7 nitrogen and oxygen atoms in total. The Bertz CT molecular complexity index is 1150. The van der Waals surface area contributed by atoms with Gasteiger partial charge in [-0.3, -0.25) is 0 Å². The first-order chi connectivity index (χ1) is 17.6. The van der Waals surface area contributed by atoms with Gasteiger partial charge in [-0.25, -0.2) is 0 Å². The molecule has 3 atom stereocenters. The van der Waals surface area contributed by atoms with Crippen LogP contribution in [0.2, 0.25) is 0 Å². The van der Waals surface area contributed by atoms with Gasteiger partial charge in [0.05, 0.1) is 18.2 Å². The van der Waals surface area contributed by atoms with Gasteiger partial charge in [-0.05, 0) is 76.1 Å². The number of hydrogen-bond donors (Lipinski definition) is 1. The number of rotatable bonds is 5. The zero-order valence-electron chi connectivity index (χ0n) is 21.5. The number of benzene rings is 1. The SMILES string of the molecule is CN1CCC[C@H]1COc1nc2c(c(N3CCN[C@@H](CC#N)C3)n1)CCC1(CCCc3ccccc31)C2. The highest BCUT2D eigenvalue weighted by Gasteiger charge is 2.41. The summed E-state index contributed by atoms with van der Waals surface area (Å²) in [7, 11) is 2.18. The molecule has 1 N–H and O–H groups in total. The highest BCUT2D eigenvalue weighted by atomic mass is 16.5. The minimum absolute atomic E-state index is 0.170. The zero-order chi connectivity index (χ0) is 24.5. The number of fused-ring (bicyclic) bond motifs is 3. The number of anilines is 1. The van der Waals surface area contributed by atoms with E-state index in [1.165, 1.54) is 54.5 Å². The number of likely N-dealkylation sites (tertiary alicyclic amines) is 1. The van der Waals surface area contributed by atoms with E-state index in [-0.39, 0.29) is 11.5 Å². The van der Waals surface area contributed by atoms with Crippen LogP contribution in [0.25, 0.3) is 0 Å². The van der Waals surface area contributed by atoms with Gasteiger partial charge in [0, 0.05) is 42.7 Å². The van der Waals surface area contributed by atoms with E-state index in [4.69, 9.17) is 14.7 Å². The number of nitrogens with one attached hydrogen (secondary N) is 1. The van der Waals surface area contributed by atoms with Crippen molar-refractivity contribution in [3.8, 4) is 12.1 Å². The lowest BCUT2D eigenvalue weighted by Crippen LogP contribution is -2.51. The number of nitriles is 1. The molecule has 2 saturated heterocycles. The molecule has 2 aliphatic heterocycles. The summed E-state index contributed by atoms with van der Waals surface area (Å²) in [6.45, 7) is 4.33. The highest BCUT2D eigenvalue weighted by Crippen LogP contribution is 2.47. The second-order valence-electron chi connectivity index (χ2n) is 11.3. The van der Waals surface area contributed by atoms with Crippen molar-refractivity contribution < 1.29 is 4.74 Å². The van der Waals surface area contributed by atoms with E-state index in [0.29, 0.717) is 25.1 Å². The van der Waals surface area contributed by atoms with Crippen molar-refractivity contribution >= 4 is 5.82 Å². The third-order valence-corrected chi connectivity index (χ3v) is 9.07. The van der Waals surface area contributed by atoms with Gasteiger partial charge in [0.1, 0.15) is 12.4 Å². The summed E-state index contributed by atoms with van der Waals surface area (Å²) in [6.07, 6.45) is 9.67. The van der Waals surface area contributed by atoms with Crippen LogP contribution in [0.1, 0.15) is 60.9 Å². The van der Waals surface area contributed by atoms with Crippen LogP contribution in [0.3, 0.4) is 0 Å². The largest absolute Gasteiger partial charge is 0.462 e. The van der Waals surface area contributed by atoms with Gasteiger partial charge >= 0.3 is 6.01 Å². The van der Waals surface area contributed by atoms with Crippen LogP contribution in [-0.2, 0) is 24.7 Å². The number of aryl methyl sites for hydroxylation is 1. The Morgan fingerprint density at radius 1 is 1.17 bits per heavy atom. The number of piperazine rings is 1. The Hall–Kier alpha value is -2.69. The van der Waals surface area contributed by atoms with Crippen molar-refractivity contribution in [3.05, 3.63) is 46.6 Å². The molecule has 0 saturated carbocycles. The summed E-state index contributed by atoms with van der Waals surface area (Å²) in [4.78, 5) is 14.9. The Balaban J connectivity index is 1.34. The van der Waals surface area contributed by atoms with E-state index in [1.54, 1.807) is 0 Å². The number of hydrogen-bond acceptors (Lipinski definition) is 7. The lowest BCUT2D eigenvalue weighted by molar-refractivity contribution is 0.186. The van der Waals surface area contributed by atoms with Crippen LogP contribution in [-0.4, -0.2) is 66.8 Å². The molecule has 1 unspecified atom stereocenters. The lowest BCUT2D eigenvalue weighted by atomic mass is 9.62. The topological polar surface area (TPSA) is 77.3 Å². The van der Waals surface area contributed by atoms with E-state index >= 15 is 0 Å². The molecule has 1 spiro atoms. The molecule has 6 rings (SSSR count). The van der Waals surface area contributed by atoms with E-state index in [2.05, 4.69) is 52.5 Å². The van der Waals surface area contributed by atoms with Crippen LogP contribution in [0, 0.1) is 11.3 Å². The fourth-order valence-electron chi connectivity index (χ4n) is 7.07. The maximum absolute atomic E-state index is 9.27. The van der Waals surface area contributed by atoms with Crippen LogP contribution >= 0.6 is 0 Å². The number of aromatic nitrogens is 2. The van der Waals surface area contributed by atoms with Crippen molar-refractivity contribution in [1.82, 2.24) is 20.2 Å². The maximum atomic E-state index is 9.27. The molecule has 0 radical (unpaired) electrons. The van der Waals surface area contributed by atoms with Gasteiger partial charge in [-0.2, -0.15) is 15.2 Å². The van der Waals surface area contributed by atoms with E-state index in [0.717, 1.165) is 51.3 Å². The normalized spacial score (nSPS) is 27.9. The third-order valence-electron chi connectivity index (χ3n) is 9.07. The van der Waals surface area contributed by atoms with Gasteiger partial charge in [0.15, 0.2) is 0 Å². The molecule has 3 heterocycles. The summed E-state index contributed by atoms with van der Waals surface area (Å²) < 4.78 is 6.32. The monoisotopic (exact) mass is 486 g/mol. The molecule has 2 aromatic rings. The second-order valence-corrected chi connectivity index (χ2v) is 11.3. The quantitative estimate of drug-likeness (QED) is 0.694. The molecule has 2 aliphatic carbocycles. The van der Waals surface area contributed by atoms with E-state index < -0.39 is 0 Å². The number of likely N-dealkylation sites (N-methyl/N-ethyl adjacent to an activating group) is 1. The van der Waals surface area contributed by atoms with Gasteiger partial charge in [-0.15, -0.1) is 0 Å². The molecule has 1 aromatic heterocycles.